The fourth-order valence-electron chi connectivity index (χ4n) is 7.67. The molecule has 0 saturated heterocycles. The fraction of sp³-hybridized carbons (Fsp3) is 0.386. The van der Waals surface area contributed by atoms with Crippen molar-refractivity contribution < 1.29 is 30.0 Å². The van der Waals surface area contributed by atoms with Gasteiger partial charge in [-0.25, -0.2) is 4.98 Å². The van der Waals surface area contributed by atoms with Crippen molar-refractivity contribution in [3.05, 3.63) is 95.1 Å². The minimum absolute atomic E-state index is 0. The number of hydrogen-bond donors (Lipinski definition) is 1. The van der Waals surface area contributed by atoms with Crippen LogP contribution in [0.1, 0.15) is 75.9 Å². The van der Waals surface area contributed by atoms with Crippen molar-refractivity contribution in [1.82, 2.24) is 14.5 Å². The number of fused-ring (bicyclic) bond motifs is 8. The number of aliphatic hydroxyl groups excluding tert-OH is 1. The van der Waals surface area contributed by atoms with Gasteiger partial charge in [0.2, 0.25) is 0 Å². The van der Waals surface area contributed by atoms with Crippen LogP contribution in [0.15, 0.2) is 66.6 Å². The molecule has 0 saturated carbocycles. The summed E-state index contributed by atoms with van der Waals surface area (Å²) >= 11 is 1.82. The second kappa shape index (κ2) is 16.3. The Morgan fingerprint density at radius 3 is 2.35 bits per heavy atom. The van der Waals surface area contributed by atoms with Crippen LogP contribution in [0, 0.1) is 31.7 Å². The number of aryl methyl sites for hydroxylation is 4. The number of aromatic nitrogens is 3. The molecule has 6 aromatic rings. The minimum Gasteiger partial charge on any atom is -0.512 e. The molecule has 0 unspecified atom stereocenters. The summed E-state index contributed by atoms with van der Waals surface area (Å²) in [5.41, 5.74) is 8.51. The molecule has 0 fully saturated rings. The van der Waals surface area contributed by atoms with Crippen molar-refractivity contribution in [1.29, 1.82) is 0 Å². The first-order chi connectivity index (χ1) is 24.4. The summed E-state index contributed by atoms with van der Waals surface area (Å²) in [6.45, 7) is 19.8. The number of allylic oxidation sites excluding steroid dienone is 2. The smallest absolute Gasteiger partial charge is 0.162 e. The number of aliphatic hydroxyl groups is 1. The monoisotopic (exact) mass is 907 g/mol. The normalized spacial score (nSPS) is 12.9. The molecule has 1 radical (unpaired) electrons. The number of carbonyl (C=O) groups excluding carboxylic acids is 1. The number of nitrogens with zero attached hydrogens (tertiary/aromatic N) is 3. The molecule has 0 aliphatic carbocycles. The second-order valence-electron chi connectivity index (χ2n) is 15.1. The zero-order valence-electron chi connectivity index (χ0n) is 32.1. The fourth-order valence-corrected chi connectivity index (χ4v) is 10.6. The molecule has 5 nitrogen and oxygen atoms in total. The van der Waals surface area contributed by atoms with E-state index in [1.54, 1.807) is 0 Å². The molecule has 0 amide bonds. The second-order valence-corrected chi connectivity index (χ2v) is 21.2. The van der Waals surface area contributed by atoms with E-state index in [0.29, 0.717) is 0 Å². The molecule has 0 spiro atoms. The van der Waals surface area contributed by atoms with Crippen LogP contribution in [0.4, 0.5) is 0 Å². The van der Waals surface area contributed by atoms with E-state index >= 15 is 0 Å². The Labute approximate surface area is 328 Å². The molecule has 3 aromatic heterocycles. The molecule has 3 aromatic carbocycles. The first kappa shape index (κ1) is 39.8. The van der Waals surface area contributed by atoms with Crippen molar-refractivity contribution in [2.45, 2.75) is 99.7 Å². The number of ketones is 1. The van der Waals surface area contributed by atoms with Crippen LogP contribution < -0.4 is 5.19 Å². The van der Waals surface area contributed by atoms with E-state index < -0.39 is 8.07 Å². The van der Waals surface area contributed by atoms with Gasteiger partial charge in [-0.3, -0.25) is 14.3 Å². The van der Waals surface area contributed by atoms with Crippen molar-refractivity contribution in [3.8, 4) is 16.9 Å². The van der Waals surface area contributed by atoms with Crippen molar-refractivity contribution in [2.24, 2.45) is 11.8 Å². The van der Waals surface area contributed by atoms with E-state index in [-0.39, 0.29) is 43.5 Å². The number of benzene rings is 3. The molecular weight excluding hydrogens is 855 g/mol. The van der Waals surface area contributed by atoms with Gasteiger partial charge in [-0.15, -0.1) is 40.1 Å². The van der Waals surface area contributed by atoms with Crippen molar-refractivity contribution in [3.63, 3.8) is 0 Å². The summed E-state index contributed by atoms with van der Waals surface area (Å²) in [5, 5.41) is 15.0. The van der Waals surface area contributed by atoms with Gasteiger partial charge in [0.25, 0.3) is 0 Å². The van der Waals surface area contributed by atoms with Gasteiger partial charge >= 0.3 is 0 Å². The third-order valence-electron chi connectivity index (χ3n) is 10.6. The summed E-state index contributed by atoms with van der Waals surface area (Å²) in [4.78, 5) is 23.0. The SMILES string of the molecule is CCC(CC)C(=O)/C=C(\O)C(CC)CC.Cc1cc(C)c2c([Si](C)(C)C)cc(-c3nccc4c3sc3c4nc4n3-c3ccccc3CC4)[c-]c2c1.[Ir]. The number of rotatable bonds is 9. The molecule has 1 aliphatic heterocycles. The molecule has 1 N–H and O–H groups in total. The maximum atomic E-state index is 11.7. The van der Waals surface area contributed by atoms with Crippen LogP contribution in [0.5, 0.6) is 0 Å². The Kier molecular flexibility index (Phi) is 12.5. The molecule has 0 atom stereocenters. The summed E-state index contributed by atoms with van der Waals surface area (Å²) in [5.74, 6) is 1.71. The van der Waals surface area contributed by atoms with Crippen LogP contribution in [0.2, 0.25) is 19.6 Å². The number of para-hydroxylation sites is 1. The molecule has 7 rings (SSSR count). The van der Waals surface area contributed by atoms with E-state index in [1.165, 1.54) is 65.2 Å². The van der Waals surface area contributed by atoms with E-state index in [9.17, 15) is 9.90 Å². The first-order valence-electron chi connectivity index (χ1n) is 18.7. The summed E-state index contributed by atoms with van der Waals surface area (Å²) in [7, 11) is -1.62. The molecule has 0 bridgehead atoms. The standard InChI is InChI=1S/C31H28N3SSi.C13H24O2.Ir/c1-18-14-19(2)27-21(15-18)16-22(17-25(27)36(3,4)5)28-30-23(12-13-32-28)29-31(35-30)34-24-9-7-6-8-20(24)10-11-26(34)33-29;1-5-10(6-2)12(14)9-13(15)11(7-3)8-4;/h6-9,12-15,17H,10-11H2,1-5H3;9-11,14H,5-8H2,1-4H3;/q-1;;/b;12-9-;. The molecule has 1 aliphatic rings. The number of carbonyl (C=O) groups is 1. The quantitative estimate of drug-likeness (QED) is 0.0679. The van der Waals surface area contributed by atoms with E-state index in [2.05, 4.69) is 92.7 Å². The third kappa shape index (κ3) is 7.63. The Morgan fingerprint density at radius 1 is 0.981 bits per heavy atom. The van der Waals surface area contributed by atoms with Crippen LogP contribution >= 0.6 is 11.3 Å². The minimum atomic E-state index is -1.62. The number of imidazole rings is 1. The number of thiophene rings is 1. The number of pyridine rings is 1. The predicted molar refractivity (Wildman–Crippen MR) is 220 cm³/mol. The van der Waals surface area contributed by atoms with E-state index in [0.717, 1.165) is 55.3 Å². The maximum absolute atomic E-state index is 11.7. The van der Waals surface area contributed by atoms with Gasteiger partial charge < -0.3 is 5.11 Å². The molecule has 4 heterocycles. The molecular formula is C44H52IrN3O2SSi-. The number of hydrogen-bond acceptors (Lipinski definition) is 5. The Bertz CT molecular complexity index is 2270. The average Bonchev–Trinajstić information content (AvgIpc) is 3.65. The van der Waals surface area contributed by atoms with Gasteiger partial charge in [0.05, 0.1) is 19.5 Å². The van der Waals surface area contributed by atoms with Gasteiger partial charge in [-0.05, 0) is 63.6 Å². The summed E-state index contributed by atoms with van der Waals surface area (Å²) in [6.07, 6.45) is 8.89. The zero-order valence-corrected chi connectivity index (χ0v) is 36.3. The van der Waals surface area contributed by atoms with Crippen LogP contribution in [0.3, 0.4) is 0 Å². The Morgan fingerprint density at radius 2 is 1.67 bits per heavy atom. The van der Waals surface area contributed by atoms with E-state index in [1.807, 2.05) is 45.2 Å². The average molecular weight is 907 g/mol. The van der Waals surface area contributed by atoms with Gasteiger partial charge in [-0.1, -0.05) is 93.7 Å². The summed E-state index contributed by atoms with van der Waals surface area (Å²) < 4.78 is 3.59. The third-order valence-corrected chi connectivity index (χ3v) is 13.8. The van der Waals surface area contributed by atoms with Gasteiger partial charge in [0.1, 0.15) is 16.2 Å². The van der Waals surface area contributed by atoms with E-state index in [4.69, 9.17) is 9.97 Å². The van der Waals surface area contributed by atoms with Crippen LogP contribution in [0.25, 0.3) is 48.2 Å². The van der Waals surface area contributed by atoms with Crippen LogP contribution in [-0.4, -0.2) is 33.5 Å². The predicted octanol–water partition coefficient (Wildman–Crippen LogP) is 11.4. The largest absolute Gasteiger partial charge is 0.512 e. The summed E-state index contributed by atoms with van der Waals surface area (Å²) in [6, 6.07) is 21.6. The van der Waals surface area contributed by atoms with Crippen LogP contribution in [-0.2, 0) is 37.7 Å². The Balaban J connectivity index is 0.000000280. The topological polar surface area (TPSA) is 68.0 Å². The molecule has 275 valence electrons. The Hall–Kier alpha value is -3.42. The molecule has 52 heavy (non-hydrogen) atoms. The maximum Gasteiger partial charge on any atom is 0.162 e. The van der Waals surface area contributed by atoms with Gasteiger partial charge in [0.15, 0.2) is 5.78 Å². The van der Waals surface area contributed by atoms with Gasteiger partial charge in [0, 0.05) is 66.4 Å². The zero-order chi connectivity index (χ0) is 36.6. The first-order valence-corrected chi connectivity index (χ1v) is 23.0. The van der Waals surface area contributed by atoms with Crippen molar-refractivity contribution >= 4 is 61.6 Å². The molecule has 8 heteroatoms. The van der Waals surface area contributed by atoms with Gasteiger partial charge in [-0.2, -0.15) is 0 Å². The van der Waals surface area contributed by atoms with Crippen molar-refractivity contribution in [2.75, 3.05) is 0 Å².